The molecule has 0 aromatic heterocycles. The zero-order chi connectivity index (χ0) is 14.1. The highest BCUT2D eigenvalue weighted by Crippen LogP contribution is 2.25. The number of hydrogen-bond donors (Lipinski definition) is 1. The van der Waals surface area contributed by atoms with Gasteiger partial charge in [0.25, 0.3) is 0 Å². The highest BCUT2D eigenvalue weighted by Gasteiger charge is 2.22. The van der Waals surface area contributed by atoms with Crippen LogP contribution in [0.3, 0.4) is 0 Å². The van der Waals surface area contributed by atoms with Crippen LogP contribution < -0.4 is 5.32 Å². The maximum Gasteiger partial charge on any atom is 0.151 e. The Morgan fingerprint density at radius 2 is 1.74 bits per heavy atom. The molecule has 114 valence electrons. The van der Waals surface area contributed by atoms with Gasteiger partial charge in [0.05, 0.1) is 11.5 Å². The molecule has 1 saturated carbocycles. The largest absolute Gasteiger partial charge is 0.314 e. The molecule has 1 fully saturated rings. The predicted octanol–water partition coefficient (Wildman–Crippen LogP) is 1.52. The molecule has 19 heavy (non-hydrogen) atoms. The van der Waals surface area contributed by atoms with Gasteiger partial charge in [0.2, 0.25) is 0 Å². The Labute approximate surface area is 118 Å². The molecular formula is C14H30N2O2S. The van der Waals surface area contributed by atoms with E-state index in [0.717, 1.165) is 39.0 Å². The van der Waals surface area contributed by atoms with E-state index in [2.05, 4.69) is 24.1 Å². The predicted molar refractivity (Wildman–Crippen MR) is 81.3 cm³/mol. The summed E-state index contributed by atoms with van der Waals surface area (Å²) in [5.74, 6) is 1.13. The Balaban J connectivity index is 2.10. The summed E-state index contributed by atoms with van der Waals surface area (Å²) in [5.41, 5.74) is 0. The monoisotopic (exact) mass is 290 g/mol. The molecule has 1 N–H and O–H groups in total. The third kappa shape index (κ3) is 7.28. The first kappa shape index (κ1) is 16.9. The Bertz CT molecular complexity index is 320. The first-order valence-electron chi connectivity index (χ1n) is 7.71. The second-order valence-corrected chi connectivity index (χ2v) is 7.77. The fourth-order valence-electron chi connectivity index (χ4n) is 2.75. The third-order valence-corrected chi connectivity index (χ3v) is 5.86. The quantitative estimate of drug-likeness (QED) is 0.620. The van der Waals surface area contributed by atoms with Crippen molar-refractivity contribution in [1.29, 1.82) is 0 Å². The molecule has 0 spiro atoms. The molecule has 1 aliphatic rings. The van der Waals surface area contributed by atoms with Crippen molar-refractivity contribution in [3.63, 3.8) is 0 Å². The first-order chi connectivity index (χ1) is 9.07. The van der Waals surface area contributed by atoms with Crippen LogP contribution in [0.2, 0.25) is 0 Å². The van der Waals surface area contributed by atoms with E-state index in [-0.39, 0.29) is 0 Å². The van der Waals surface area contributed by atoms with Gasteiger partial charge in [0, 0.05) is 19.6 Å². The molecule has 0 saturated heterocycles. The molecule has 4 nitrogen and oxygen atoms in total. The molecule has 0 unspecified atom stereocenters. The van der Waals surface area contributed by atoms with Gasteiger partial charge in [-0.05, 0) is 31.8 Å². The molecule has 1 rings (SSSR count). The normalized spacial score (nSPS) is 17.4. The molecule has 0 bridgehead atoms. The van der Waals surface area contributed by atoms with E-state index in [0.29, 0.717) is 24.0 Å². The van der Waals surface area contributed by atoms with Crippen molar-refractivity contribution in [1.82, 2.24) is 10.2 Å². The van der Waals surface area contributed by atoms with Gasteiger partial charge in [0.15, 0.2) is 9.84 Å². The van der Waals surface area contributed by atoms with Crippen LogP contribution in [-0.2, 0) is 9.84 Å². The lowest BCUT2D eigenvalue weighted by atomic mass is 10.1. The highest BCUT2D eigenvalue weighted by atomic mass is 32.2. The van der Waals surface area contributed by atoms with Crippen LogP contribution in [0.5, 0.6) is 0 Å². The summed E-state index contributed by atoms with van der Waals surface area (Å²) < 4.78 is 23.9. The number of nitrogens with zero attached hydrogens (tertiary/aromatic N) is 1. The molecule has 0 atom stereocenters. The van der Waals surface area contributed by atoms with Crippen molar-refractivity contribution >= 4 is 9.84 Å². The SMILES string of the molecule is CCN(CC)CCNCCS(=O)(=O)CC1CCCC1. The summed E-state index contributed by atoms with van der Waals surface area (Å²) in [6.07, 6.45) is 4.63. The molecule has 0 radical (unpaired) electrons. The molecule has 0 aliphatic heterocycles. The fraction of sp³-hybridized carbons (Fsp3) is 1.00. The van der Waals surface area contributed by atoms with Gasteiger partial charge in [-0.3, -0.25) is 0 Å². The molecule has 1 aliphatic carbocycles. The zero-order valence-electron chi connectivity index (χ0n) is 12.5. The Kier molecular flexibility index (Phi) is 7.95. The van der Waals surface area contributed by atoms with Gasteiger partial charge in [-0.25, -0.2) is 8.42 Å². The molecule has 0 amide bonds. The number of likely N-dealkylation sites (N-methyl/N-ethyl adjacent to an activating group) is 1. The Hall–Kier alpha value is -0.130. The third-order valence-electron chi connectivity index (χ3n) is 4.05. The van der Waals surface area contributed by atoms with Gasteiger partial charge >= 0.3 is 0 Å². The van der Waals surface area contributed by atoms with Crippen LogP contribution in [0, 0.1) is 5.92 Å². The van der Waals surface area contributed by atoms with E-state index in [4.69, 9.17) is 0 Å². The van der Waals surface area contributed by atoms with Crippen molar-refractivity contribution in [2.75, 3.05) is 44.2 Å². The standard InChI is InChI=1S/C14H30N2O2S/c1-3-16(4-2)11-9-15-10-12-19(17,18)13-14-7-5-6-8-14/h14-15H,3-13H2,1-2H3. The molecule has 0 aromatic rings. The van der Waals surface area contributed by atoms with E-state index >= 15 is 0 Å². The summed E-state index contributed by atoms with van der Waals surface area (Å²) in [5, 5.41) is 3.24. The van der Waals surface area contributed by atoms with Crippen LogP contribution in [-0.4, -0.2) is 57.5 Å². The van der Waals surface area contributed by atoms with Gasteiger partial charge in [-0.1, -0.05) is 26.7 Å². The summed E-state index contributed by atoms with van der Waals surface area (Å²) in [4.78, 5) is 2.33. The topological polar surface area (TPSA) is 49.4 Å². The van der Waals surface area contributed by atoms with Crippen molar-refractivity contribution < 1.29 is 8.42 Å². The van der Waals surface area contributed by atoms with Crippen molar-refractivity contribution in [3.8, 4) is 0 Å². The van der Waals surface area contributed by atoms with E-state index < -0.39 is 9.84 Å². The highest BCUT2D eigenvalue weighted by molar-refractivity contribution is 7.91. The van der Waals surface area contributed by atoms with Crippen molar-refractivity contribution in [2.24, 2.45) is 5.92 Å². The minimum absolute atomic E-state index is 0.293. The van der Waals surface area contributed by atoms with Crippen LogP contribution in [0.25, 0.3) is 0 Å². The summed E-state index contributed by atoms with van der Waals surface area (Å²) in [7, 11) is -2.85. The summed E-state index contributed by atoms with van der Waals surface area (Å²) in [6, 6.07) is 0. The average molecular weight is 290 g/mol. The van der Waals surface area contributed by atoms with Gasteiger partial charge in [-0.15, -0.1) is 0 Å². The first-order valence-corrected chi connectivity index (χ1v) is 9.53. The van der Waals surface area contributed by atoms with Crippen LogP contribution in [0.4, 0.5) is 0 Å². The van der Waals surface area contributed by atoms with Crippen molar-refractivity contribution in [3.05, 3.63) is 0 Å². The molecule has 5 heteroatoms. The number of nitrogens with one attached hydrogen (secondary N) is 1. The van der Waals surface area contributed by atoms with Crippen molar-refractivity contribution in [2.45, 2.75) is 39.5 Å². The van der Waals surface area contributed by atoms with Gasteiger partial charge in [-0.2, -0.15) is 0 Å². The van der Waals surface area contributed by atoms with Gasteiger partial charge < -0.3 is 10.2 Å². The average Bonchev–Trinajstić information content (AvgIpc) is 2.85. The Morgan fingerprint density at radius 3 is 2.32 bits per heavy atom. The minimum atomic E-state index is -2.85. The molecule has 0 aromatic carbocycles. The number of hydrogen-bond acceptors (Lipinski definition) is 4. The molecular weight excluding hydrogens is 260 g/mol. The van der Waals surface area contributed by atoms with Gasteiger partial charge in [0.1, 0.15) is 0 Å². The second kappa shape index (κ2) is 8.93. The maximum atomic E-state index is 11.9. The fourth-order valence-corrected chi connectivity index (χ4v) is 4.42. The van der Waals surface area contributed by atoms with E-state index in [1.165, 1.54) is 12.8 Å². The number of rotatable bonds is 10. The second-order valence-electron chi connectivity index (χ2n) is 5.54. The van der Waals surface area contributed by atoms with E-state index in [1.54, 1.807) is 0 Å². The van der Waals surface area contributed by atoms with E-state index in [9.17, 15) is 8.42 Å². The minimum Gasteiger partial charge on any atom is -0.314 e. The molecule has 0 heterocycles. The zero-order valence-corrected chi connectivity index (χ0v) is 13.3. The van der Waals surface area contributed by atoms with Crippen LogP contribution >= 0.6 is 0 Å². The van der Waals surface area contributed by atoms with E-state index in [1.807, 2.05) is 0 Å². The smallest absolute Gasteiger partial charge is 0.151 e. The summed E-state index contributed by atoms with van der Waals surface area (Å²) >= 11 is 0. The lowest BCUT2D eigenvalue weighted by Crippen LogP contribution is -2.34. The Morgan fingerprint density at radius 1 is 1.11 bits per heavy atom. The van der Waals surface area contributed by atoms with Crippen LogP contribution in [0.15, 0.2) is 0 Å². The summed E-state index contributed by atoms with van der Waals surface area (Å²) in [6.45, 7) is 8.87. The number of sulfone groups is 1. The van der Waals surface area contributed by atoms with Crippen LogP contribution in [0.1, 0.15) is 39.5 Å². The maximum absolute atomic E-state index is 11.9. The lowest BCUT2D eigenvalue weighted by Gasteiger charge is -2.18. The lowest BCUT2D eigenvalue weighted by molar-refractivity contribution is 0.303.